The Labute approximate surface area is 218 Å². The summed E-state index contributed by atoms with van der Waals surface area (Å²) < 4.78 is 12.3. The third-order valence-corrected chi connectivity index (χ3v) is 9.34. The summed E-state index contributed by atoms with van der Waals surface area (Å²) in [5.74, 6) is -2.10. The van der Waals surface area contributed by atoms with Crippen LogP contribution in [0.1, 0.15) is 46.6 Å². The molecule has 7 heteroatoms. The molecule has 2 N–H and O–H groups in total. The first kappa shape index (κ1) is 25.9. The highest BCUT2D eigenvalue weighted by atomic mass is 16.6. The quantitative estimate of drug-likeness (QED) is 0.370. The Balaban J connectivity index is 1.70. The van der Waals surface area contributed by atoms with Gasteiger partial charge in [-0.15, -0.1) is 0 Å². The second-order valence-electron chi connectivity index (χ2n) is 11.7. The monoisotopic (exact) mass is 507 g/mol. The lowest BCUT2D eigenvalue weighted by Crippen LogP contribution is -2.60. The van der Waals surface area contributed by atoms with Crippen molar-refractivity contribution in [3.8, 4) is 0 Å². The zero-order chi connectivity index (χ0) is 26.8. The molecule has 4 aliphatic rings. The summed E-state index contributed by atoms with van der Waals surface area (Å²) in [6, 6.07) is 9.82. The van der Waals surface area contributed by atoms with Crippen molar-refractivity contribution >= 4 is 17.7 Å². The maximum absolute atomic E-state index is 14.3. The largest absolute Gasteiger partial charge is 0.457 e. The second-order valence-corrected chi connectivity index (χ2v) is 11.7. The highest BCUT2D eigenvalue weighted by Crippen LogP contribution is 2.67. The van der Waals surface area contributed by atoms with Gasteiger partial charge in [0.1, 0.15) is 17.1 Å². The van der Waals surface area contributed by atoms with Gasteiger partial charge in [-0.05, 0) is 50.3 Å². The van der Waals surface area contributed by atoms with Crippen molar-refractivity contribution in [1.82, 2.24) is 5.32 Å². The van der Waals surface area contributed by atoms with Crippen molar-refractivity contribution < 1.29 is 29.0 Å². The Kier molecular flexibility index (Phi) is 6.23. The van der Waals surface area contributed by atoms with E-state index in [2.05, 4.69) is 19.2 Å². The van der Waals surface area contributed by atoms with E-state index < -0.39 is 34.6 Å². The standard InChI is InChI=1S/C30H37NO6/c1-17-10-9-13-21-26-29(5,37-26)18(2)24-22(16-20-11-7-6-8-12-20)31-27(34)30(21,24)23(36-19(3)32)14-15-28(4,35)25(17)33/h6-9,11-15,17-18,21-24,26,35H,10,16H2,1-5H3,(H,31,34)/b13-9+,15-14+/t17?,18-,21-,22-,23+,24-,26-,28+,29+,30+/m0/s1. The molecule has 5 rings (SSSR count). The maximum Gasteiger partial charge on any atom is 0.303 e. The Morgan fingerprint density at radius 1 is 1.16 bits per heavy atom. The van der Waals surface area contributed by atoms with Crippen LogP contribution in [0, 0.1) is 29.1 Å². The molecule has 1 spiro atoms. The maximum atomic E-state index is 14.3. The Morgan fingerprint density at radius 2 is 1.86 bits per heavy atom. The molecule has 2 aliphatic heterocycles. The molecular weight excluding hydrogens is 470 g/mol. The van der Waals surface area contributed by atoms with E-state index in [1.54, 1.807) is 13.0 Å². The van der Waals surface area contributed by atoms with Gasteiger partial charge in [-0.25, -0.2) is 0 Å². The predicted octanol–water partition coefficient (Wildman–Crippen LogP) is 3.16. The summed E-state index contributed by atoms with van der Waals surface area (Å²) in [5, 5.41) is 14.3. The Hall–Kier alpha value is -2.77. The molecule has 1 aromatic rings. The van der Waals surface area contributed by atoms with Gasteiger partial charge in [-0.3, -0.25) is 14.4 Å². The first-order valence-corrected chi connectivity index (χ1v) is 13.3. The van der Waals surface area contributed by atoms with Crippen LogP contribution in [0.25, 0.3) is 0 Å². The minimum atomic E-state index is -1.76. The van der Waals surface area contributed by atoms with Crippen LogP contribution in [0.3, 0.4) is 0 Å². The van der Waals surface area contributed by atoms with Crippen molar-refractivity contribution in [2.75, 3.05) is 0 Å². The fourth-order valence-corrected chi connectivity index (χ4v) is 7.33. The lowest BCUT2D eigenvalue weighted by Gasteiger charge is -2.49. The van der Waals surface area contributed by atoms with Gasteiger partial charge in [0, 0.05) is 30.7 Å². The molecule has 7 nitrogen and oxygen atoms in total. The molecule has 1 unspecified atom stereocenters. The van der Waals surface area contributed by atoms with Gasteiger partial charge < -0.3 is 19.9 Å². The number of carbonyl (C=O) groups excluding carboxylic acids is 3. The molecule has 1 amide bonds. The highest BCUT2D eigenvalue weighted by molar-refractivity contribution is 5.91. The number of esters is 1. The lowest BCUT2D eigenvalue weighted by atomic mass is 9.51. The van der Waals surface area contributed by atoms with E-state index in [9.17, 15) is 19.5 Å². The number of Topliss-reactive ketones (excluding diaryl/α,β-unsaturated/α-hetero) is 1. The molecule has 3 fully saturated rings. The average molecular weight is 508 g/mol. The first-order valence-electron chi connectivity index (χ1n) is 13.3. The summed E-state index contributed by atoms with van der Waals surface area (Å²) in [5.41, 5.74) is -2.24. The van der Waals surface area contributed by atoms with E-state index >= 15 is 0 Å². The van der Waals surface area contributed by atoms with E-state index in [1.807, 2.05) is 42.5 Å². The van der Waals surface area contributed by atoms with Crippen LogP contribution in [0.15, 0.2) is 54.6 Å². The number of rotatable bonds is 3. The third kappa shape index (κ3) is 3.98. The number of carbonyl (C=O) groups is 3. The first-order chi connectivity index (χ1) is 17.4. The summed E-state index contributed by atoms with van der Waals surface area (Å²) in [7, 11) is 0. The number of ketones is 1. The van der Waals surface area contributed by atoms with Gasteiger partial charge in [0.2, 0.25) is 5.91 Å². The SMILES string of the molecule is CC(=O)O[C@@H]1/C=C/[C@@](C)(O)C(=O)C(C)C/C=C/[C@H]2[C@@H]3O[C@]3(C)[C@@H](C)[C@H]3[C@H](Cc4ccccc4)NC(=O)[C@@]312. The zero-order valence-electron chi connectivity index (χ0n) is 22.1. The molecule has 0 aromatic heterocycles. The number of benzene rings is 1. The Bertz CT molecular complexity index is 1160. The highest BCUT2D eigenvalue weighted by Gasteiger charge is 2.78. The zero-order valence-corrected chi connectivity index (χ0v) is 22.1. The predicted molar refractivity (Wildman–Crippen MR) is 137 cm³/mol. The van der Waals surface area contributed by atoms with Crippen LogP contribution in [0.5, 0.6) is 0 Å². The molecule has 1 aromatic carbocycles. The van der Waals surface area contributed by atoms with Crippen LogP contribution < -0.4 is 5.32 Å². The van der Waals surface area contributed by atoms with E-state index in [4.69, 9.17) is 9.47 Å². The van der Waals surface area contributed by atoms with Gasteiger partial charge in [-0.1, -0.05) is 56.3 Å². The molecule has 0 radical (unpaired) electrons. The molecule has 37 heavy (non-hydrogen) atoms. The summed E-state index contributed by atoms with van der Waals surface area (Å²) in [6.45, 7) is 8.76. The van der Waals surface area contributed by atoms with Crippen LogP contribution in [0.4, 0.5) is 0 Å². The van der Waals surface area contributed by atoms with Gasteiger partial charge in [0.05, 0.1) is 11.7 Å². The molecule has 10 atom stereocenters. The minimum Gasteiger partial charge on any atom is -0.457 e. The number of nitrogens with one attached hydrogen (secondary N) is 1. The number of aliphatic hydroxyl groups is 1. The topological polar surface area (TPSA) is 105 Å². The molecule has 2 heterocycles. The fourth-order valence-electron chi connectivity index (χ4n) is 7.33. The van der Waals surface area contributed by atoms with E-state index in [-0.39, 0.29) is 41.6 Å². The molecule has 1 saturated carbocycles. The summed E-state index contributed by atoms with van der Waals surface area (Å²) in [4.78, 5) is 39.7. The third-order valence-electron chi connectivity index (χ3n) is 9.34. The number of hydrogen-bond acceptors (Lipinski definition) is 6. The van der Waals surface area contributed by atoms with Gasteiger partial charge in [0.15, 0.2) is 5.78 Å². The molecule has 0 bridgehead atoms. The van der Waals surface area contributed by atoms with Crippen LogP contribution >= 0.6 is 0 Å². The normalized spacial score (nSPS) is 46.4. The number of allylic oxidation sites excluding steroid dienone is 1. The van der Waals surface area contributed by atoms with Crippen LogP contribution in [-0.4, -0.2) is 52.2 Å². The molecule has 2 aliphatic carbocycles. The molecule has 2 saturated heterocycles. The van der Waals surface area contributed by atoms with E-state index in [0.717, 1.165) is 5.56 Å². The van der Waals surface area contributed by atoms with Crippen molar-refractivity contribution in [3.63, 3.8) is 0 Å². The number of hydrogen-bond donors (Lipinski definition) is 2. The molecular formula is C30H37NO6. The van der Waals surface area contributed by atoms with Gasteiger partial charge in [0.25, 0.3) is 0 Å². The Morgan fingerprint density at radius 3 is 2.54 bits per heavy atom. The van der Waals surface area contributed by atoms with Gasteiger partial charge in [-0.2, -0.15) is 0 Å². The number of ether oxygens (including phenoxy) is 2. The summed E-state index contributed by atoms with van der Waals surface area (Å²) in [6.07, 6.45) is 6.72. The lowest BCUT2D eigenvalue weighted by molar-refractivity contribution is -0.162. The fraction of sp³-hybridized carbons (Fsp3) is 0.567. The van der Waals surface area contributed by atoms with Crippen molar-refractivity contribution in [2.45, 2.75) is 76.9 Å². The summed E-state index contributed by atoms with van der Waals surface area (Å²) >= 11 is 0. The molecule has 198 valence electrons. The van der Waals surface area contributed by atoms with Crippen LogP contribution in [-0.2, 0) is 30.3 Å². The average Bonchev–Trinajstić information content (AvgIpc) is 3.46. The van der Waals surface area contributed by atoms with Crippen molar-refractivity contribution in [2.24, 2.45) is 29.1 Å². The smallest absolute Gasteiger partial charge is 0.303 e. The van der Waals surface area contributed by atoms with Crippen molar-refractivity contribution in [3.05, 3.63) is 60.2 Å². The number of fused-ring (bicyclic) bond motifs is 2. The van der Waals surface area contributed by atoms with E-state index in [1.165, 1.54) is 19.9 Å². The number of epoxide rings is 1. The van der Waals surface area contributed by atoms with Crippen LogP contribution in [0.2, 0.25) is 0 Å². The van der Waals surface area contributed by atoms with Gasteiger partial charge >= 0.3 is 5.97 Å². The van der Waals surface area contributed by atoms with Crippen molar-refractivity contribution in [1.29, 1.82) is 0 Å². The minimum absolute atomic E-state index is 0.0209. The van der Waals surface area contributed by atoms with E-state index in [0.29, 0.717) is 12.8 Å². The number of amides is 1. The second kappa shape index (κ2) is 8.91.